The van der Waals surface area contributed by atoms with Gasteiger partial charge in [0.2, 0.25) is 0 Å². The number of hydrogen-bond donors (Lipinski definition) is 0. The molecular weight excluding hydrogens is 246 g/mol. The Bertz CT molecular complexity index is 315. The number of nitrogens with zero attached hydrogens (tertiary/aromatic N) is 1. The fourth-order valence-electron chi connectivity index (χ4n) is 4.05. The minimum atomic E-state index is -0.0267. The van der Waals surface area contributed by atoms with Gasteiger partial charge in [0.15, 0.2) is 0 Å². The molecule has 2 rings (SSSR count). The fraction of sp³-hybridized carbons (Fsp3) is 0.944. The van der Waals surface area contributed by atoms with Crippen molar-refractivity contribution < 1.29 is 4.79 Å². The van der Waals surface area contributed by atoms with Crippen LogP contribution in [0.4, 0.5) is 0 Å². The maximum Gasteiger partial charge on any atom is 0.127 e. The summed E-state index contributed by atoms with van der Waals surface area (Å²) in [5.41, 5.74) is 0.412. The lowest BCUT2D eigenvalue weighted by Gasteiger charge is -2.43. The van der Waals surface area contributed by atoms with Gasteiger partial charge < -0.3 is 9.69 Å². The van der Waals surface area contributed by atoms with E-state index in [-0.39, 0.29) is 5.41 Å². The van der Waals surface area contributed by atoms with Gasteiger partial charge in [-0.1, -0.05) is 27.7 Å². The second-order valence-electron chi connectivity index (χ2n) is 8.58. The van der Waals surface area contributed by atoms with Gasteiger partial charge in [-0.05, 0) is 68.9 Å². The average Bonchev–Trinajstić information content (AvgIpc) is 2.41. The first kappa shape index (κ1) is 16.0. The molecule has 20 heavy (non-hydrogen) atoms. The summed E-state index contributed by atoms with van der Waals surface area (Å²) >= 11 is 0. The Hall–Kier alpha value is -0.370. The molecule has 0 amide bonds. The molecule has 0 N–H and O–H groups in total. The number of rotatable bonds is 3. The van der Waals surface area contributed by atoms with Crippen LogP contribution in [-0.4, -0.2) is 30.8 Å². The van der Waals surface area contributed by atoms with Crippen LogP contribution in [0, 0.1) is 22.7 Å². The largest absolute Gasteiger partial charge is 0.303 e. The number of carbonyl (C=O) groups excluding carboxylic acids is 1. The minimum Gasteiger partial charge on any atom is -0.303 e. The molecule has 0 aromatic heterocycles. The SMILES string of the molecule is CC1CCC(C=O)(CN2CCC(C(C)(C)C)CC2)CC1. The van der Waals surface area contributed by atoms with E-state index in [9.17, 15) is 4.79 Å². The van der Waals surface area contributed by atoms with E-state index in [0.717, 1.165) is 31.2 Å². The molecule has 0 bridgehead atoms. The van der Waals surface area contributed by atoms with Crippen LogP contribution in [0.5, 0.6) is 0 Å². The predicted molar refractivity (Wildman–Crippen MR) is 84.7 cm³/mol. The topological polar surface area (TPSA) is 20.3 Å². The zero-order chi connectivity index (χ0) is 14.8. The second kappa shape index (κ2) is 6.17. The summed E-state index contributed by atoms with van der Waals surface area (Å²) in [4.78, 5) is 14.2. The molecule has 0 aromatic rings. The molecule has 2 fully saturated rings. The lowest BCUT2D eigenvalue weighted by Crippen LogP contribution is -2.45. The Morgan fingerprint density at radius 3 is 2.10 bits per heavy atom. The standard InChI is InChI=1S/C18H33NO/c1-15-5-9-18(14-20,10-6-15)13-19-11-7-16(8-12-19)17(2,3)4/h14-16H,5-13H2,1-4H3. The first-order chi connectivity index (χ1) is 9.35. The molecule has 2 heteroatoms. The third-order valence-corrected chi connectivity index (χ3v) is 5.87. The zero-order valence-corrected chi connectivity index (χ0v) is 14.0. The van der Waals surface area contributed by atoms with Crippen LogP contribution in [-0.2, 0) is 4.79 Å². The maximum absolute atomic E-state index is 11.7. The number of hydrogen-bond acceptors (Lipinski definition) is 2. The van der Waals surface area contributed by atoms with Crippen molar-refractivity contribution in [3.8, 4) is 0 Å². The quantitative estimate of drug-likeness (QED) is 0.724. The third-order valence-electron chi connectivity index (χ3n) is 5.87. The van der Waals surface area contributed by atoms with Crippen LogP contribution in [0.3, 0.4) is 0 Å². The average molecular weight is 279 g/mol. The van der Waals surface area contributed by atoms with E-state index in [4.69, 9.17) is 0 Å². The molecule has 1 aliphatic heterocycles. The van der Waals surface area contributed by atoms with E-state index >= 15 is 0 Å². The lowest BCUT2D eigenvalue weighted by atomic mass is 9.70. The van der Waals surface area contributed by atoms with Crippen LogP contribution < -0.4 is 0 Å². The molecule has 2 nitrogen and oxygen atoms in total. The van der Waals surface area contributed by atoms with Crippen LogP contribution in [0.2, 0.25) is 0 Å². The fourth-order valence-corrected chi connectivity index (χ4v) is 4.05. The minimum absolute atomic E-state index is 0.0267. The van der Waals surface area contributed by atoms with Crippen molar-refractivity contribution in [2.45, 2.75) is 66.2 Å². The van der Waals surface area contributed by atoms with Gasteiger partial charge in [0.25, 0.3) is 0 Å². The van der Waals surface area contributed by atoms with E-state index < -0.39 is 0 Å². The van der Waals surface area contributed by atoms with Gasteiger partial charge >= 0.3 is 0 Å². The second-order valence-corrected chi connectivity index (χ2v) is 8.58. The highest BCUT2D eigenvalue weighted by molar-refractivity contribution is 5.60. The molecule has 2 aliphatic rings. The molecule has 0 radical (unpaired) electrons. The van der Waals surface area contributed by atoms with Crippen molar-refractivity contribution in [3.05, 3.63) is 0 Å². The highest BCUT2D eigenvalue weighted by atomic mass is 16.1. The Morgan fingerprint density at radius 2 is 1.65 bits per heavy atom. The molecule has 0 atom stereocenters. The van der Waals surface area contributed by atoms with Crippen LogP contribution in [0.15, 0.2) is 0 Å². The number of likely N-dealkylation sites (tertiary alicyclic amines) is 1. The predicted octanol–water partition coefficient (Wildman–Crippen LogP) is 4.14. The molecule has 0 unspecified atom stereocenters. The number of carbonyl (C=O) groups is 1. The lowest BCUT2D eigenvalue weighted by molar-refractivity contribution is -0.120. The number of aldehydes is 1. The first-order valence-corrected chi connectivity index (χ1v) is 8.53. The van der Waals surface area contributed by atoms with E-state index in [1.165, 1.54) is 45.1 Å². The van der Waals surface area contributed by atoms with E-state index in [2.05, 4.69) is 32.6 Å². The van der Waals surface area contributed by atoms with Crippen molar-refractivity contribution in [2.75, 3.05) is 19.6 Å². The highest BCUT2D eigenvalue weighted by Crippen LogP contribution is 2.40. The summed E-state index contributed by atoms with van der Waals surface area (Å²) < 4.78 is 0. The van der Waals surface area contributed by atoms with Crippen LogP contribution in [0.25, 0.3) is 0 Å². The van der Waals surface area contributed by atoms with Crippen molar-refractivity contribution in [1.29, 1.82) is 0 Å². The van der Waals surface area contributed by atoms with Crippen molar-refractivity contribution >= 4 is 6.29 Å². The number of piperidine rings is 1. The smallest absolute Gasteiger partial charge is 0.127 e. The zero-order valence-electron chi connectivity index (χ0n) is 14.0. The Balaban J connectivity index is 1.86. The molecule has 0 spiro atoms. The van der Waals surface area contributed by atoms with E-state index in [1.807, 2.05) is 0 Å². The molecule has 1 aliphatic carbocycles. The van der Waals surface area contributed by atoms with Gasteiger partial charge in [0, 0.05) is 12.0 Å². The molecular formula is C18H33NO. The van der Waals surface area contributed by atoms with Gasteiger partial charge in [-0.15, -0.1) is 0 Å². The summed E-state index contributed by atoms with van der Waals surface area (Å²) in [5, 5.41) is 0. The van der Waals surface area contributed by atoms with Gasteiger partial charge in [-0.2, -0.15) is 0 Å². The summed E-state index contributed by atoms with van der Waals surface area (Å²) in [7, 11) is 0. The molecule has 1 heterocycles. The maximum atomic E-state index is 11.7. The molecule has 116 valence electrons. The first-order valence-electron chi connectivity index (χ1n) is 8.53. The van der Waals surface area contributed by atoms with E-state index in [0.29, 0.717) is 5.41 Å². The third kappa shape index (κ3) is 3.84. The normalized spacial score (nSPS) is 34.1. The molecule has 1 saturated carbocycles. The van der Waals surface area contributed by atoms with E-state index in [1.54, 1.807) is 0 Å². The Kier molecular flexibility index (Phi) is 4.94. The van der Waals surface area contributed by atoms with Crippen LogP contribution in [0.1, 0.15) is 66.2 Å². The van der Waals surface area contributed by atoms with Crippen molar-refractivity contribution in [3.63, 3.8) is 0 Å². The van der Waals surface area contributed by atoms with Gasteiger partial charge in [0.05, 0.1) is 0 Å². The van der Waals surface area contributed by atoms with Crippen molar-refractivity contribution in [2.24, 2.45) is 22.7 Å². The van der Waals surface area contributed by atoms with Gasteiger partial charge in [0.1, 0.15) is 6.29 Å². The molecule has 0 aromatic carbocycles. The summed E-state index contributed by atoms with van der Waals surface area (Å²) in [6, 6.07) is 0. The Labute approximate surface area is 125 Å². The van der Waals surface area contributed by atoms with Gasteiger partial charge in [-0.25, -0.2) is 0 Å². The monoisotopic (exact) mass is 279 g/mol. The highest BCUT2D eigenvalue weighted by Gasteiger charge is 2.37. The molecule has 1 saturated heterocycles. The van der Waals surface area contributed by atoms with Crippen LogP contribution >= 0.6 is 0 Å². The Morgan fingerprint density at radius 1 is 1.10 bits per heavy atom. The summed E-state index contributed by atoms with van der Waals surface area (Å²) in [6.07, 6.45) is 8.57. The van der Waals surface area contributed by atoms with Gasteiger partial charge in [-0.3, -0.25) is 0 Å². The summed E-state index contributed by atoms with van der Waals surface area (Å²) in [5.74, 6) is 1.66. The summed E-state index contributed by atoms with van der Waals surface area (Å²) in [6.45, 7) is 12.8. The van der Waals surface area contributed by atoms with Crippen molar-refractivity contribution in [1.82, 2.24) is 4.90 Å².